The van der Waals surface area contributed by atoms with E-state index in [0.717, 1.165) is 29.8 Å². The van der Waals surface area contributed by atoms with Crippen molar-refractivity contribution < 1.29 is 9.53 Å². The largest absolute Gasteiger partial charge is 0.497 e. The molecule has 0 saturated heterocycles. The molecule has 0 radical (unpaired) electrons. The first-order valence-corrected chi connectivity index (χ1v) is 11.6. The van der Waals surface area contributed by atoms with Gasteiger partial charge in [-0.1, -0.05) is 36.2 Å². The number of nitrogens with one attached hydrogen (secondary N) is 1. The third-order valence-electron chi connectivity index (χ3n) is 5.42. The van der Waals surface area contributed by atoms with E-state index in [0.29, 0.717) is 22.0 Å². The monoisotopic (exact) mass is 456 g/mol. The summed E-state index contributed by atoms with van der Waals surface area (Å²) in [5.41, 5.74) is 1.78. The Hall–Kier alpha value is -2.51. The average Bonchev–Trinajstić information content (AvgIpc) is 3.44. The Balaban J connectivity index is 1.64. The third-order valence-corrected chi connectivity index (χ3v) is 6.71. The molecule has 1 saturated carbocycles. The van der Waals surface area contributed by atoms with Crippen LogP contribution >= 0.6 is 23.4 Å². The molecule has 2 aromatic carbocycles. The molecule has 4 rings (SSSR count). The number of halogens is 1. The fourth-order valence-corrected chi connectivity index (χ4v) is 4.70. The Kier molecular flexibility index (Phi) is 6.83. The molecule has 1 unspecified atom stereocenters. The second-order valence-electron chi connectivity index (χ2n) is 7.60. The Bertz CT molecular complexity index is 1030. The minimum absolute atomic E-state index is 0.0363. The molecule has 1 heterocycles. The summed E-state index contributed by atoms with van der Waals surface area (Å²) in [6.07, 6.45) is 4.49. The van der Waals surface area contributed by atoms with Gasteiger partial charge in [-0.3, -0.25) is 9.36 Å². The summed E-state index contributed by atoms with van der Waals surface area (Å²) < 4.78 is 7.26. The number of carbonyl (C=O) groups excluding carboxylic acids is 1. The van der Waals surface area contributed by atoms with Crippen LogP contribution in [0.15, 0.2) is 53.7 Å². The summed E-state index contributed by atoms with van der Waals surface area (Å²) in [5, 5.41) is 13.0. The van der Waals surface area contributed by atoms with Crippen molar-refractivity contribution in [3.63, 3.8) is 0 Å². The Morgan fingerprint density at radius 1 is 1.13 bits per heavy atom. The zero-order valence-corrected chi connectivity index (χ0v) is 19.1. The van der Waals surface area contributed by atoms with Crippen molar-refractivity contribution in [2.45, 2.75) is 49.1 Å². The van der Waals surface area contributed by atoms with Gasteiger partial charge in [0.2, 0.25) is 5.91 Å². The van der Waals surface area contributed by atoms with Crippen LogP contribution in [0.3, 0.4) is 0 Å². The minimum atomic E-state index is -0.292. The molecule has 31 heavy (non-hydrogen) atoms. The van der Waals surface area contributed by atoms with E-state index in [1.54, 1.807) is 7.11 Å². The predicted molar refractivity (Wildman–Crippen MR) is 124 cm³/mol. The summed E-state index contributed by atoms with van der Waals surface area (Å²) in [4.78, 5) is 12.7. The molecule has 0 aliphatic heterocycles. The van der Waals surface area contributed by atoms with Crippen LogP contribution in [0.5, 0.6) is 5.75 Å². The number of amides is 1. The van der Waals surface area contributed by atoms with Crippen molar-refractivity contribution >= 4 is 29.3 Å². The van der Waals surface area contributed by atoms with Gasteiger partial charge < -0.3 is 10.1 Å². The smallest absolute Gasteiger partial charge is 0.233 e. The van der Waals surface area contributed by atoms with Crippen molar-refractivity contribution in [1.29, 1.82) is 0 Å². The van der Waals surface area contributed by atoms with E-state index in [-0.39, 0.29) is 11.2 Å². The molecule has 1 fully saturated rings. The van der Waals surface area contributed by atoms with Crippen LogP contribution in [-0.4, -0.2) is 39.1 Å². The fraction of sp³-hybridized carbons (Fsp3) is 0.348. The van der Waals surface area contributed by atoms with Crippen LogP contribution in [0.1, 0.15) is 32.6 Å². The van der Waals surface area contributed by atoms with Gasteiger partial charge in [0.1, 0.15) is 5.75 Å². The Morgan fingerprint density at radius 2 is 1.81 bits per heavy atom. The summed E-state index contributed by atoms with van der Waals surface area (Å²) >= 11 is 7.47. The van der Waals surface area contributed by atoms with Crippen LogP contribution in [0.2, 0.25) is 5.02 Å². The van der Waals surface area contributed by atoms with Gasteiger partial charge in [0.05, 0.1) is 12.4 Å². The number of thioether (sulfide) groups is 1. The van der Waals surface area contributed by atoms with Crippen molar-refractivity contribution in [2.75, 3.05) is 7.11 Å². The maximum Gasteiger partial charge on any atom is 0.233 e. The Labute approximate surface area is 191 Å². The second kappa shape index (κ2) is 9.75. The van der Waals surface area contributed by atoms with E-state index >= 15 is 0 Å². The highest BCUT2D eigenvalue weighted by Crippen LogP contribution is 2.31. The quantitative estimate of drug-likeness (QED) is 0.499. The SMILES string of the molecule is COc1ccc(-n2c(SC(C)C(=O)NC3CCCC3)nnc2-c2ccc(Cl)cc2)cc1. The number of benzene rings is 2. The standard InChI is InChI=1S/C23H25ClN4O2S/c1-15(22(29)25-18-5-3-4-6-18)31-23-27-26-21(16-7-9-17(24)10-8-16)28(23)19-11-13-20(30-2)14-12-19/h7-15,18H,3-6H2,1-2H3,(H,25,29). The van der Waals surface area contributed by atoms with Gasteiger partial charge in [0.15, 0.2) is 11.0 Å². The molecule has 1 atom stereocenters. The van der Waals surface area contributed by atoms with E-state index < -0.39 is 0 Å². The number of hydrogen-bond donors (Lipinski definition) is 1. The van der Waals surface area contributed by atoms with Gasteiger partial charge in [-0.05, 0) is 68.3 Å². The molecule has 1 aliphatic rings. The third kappa shape index (κ3) is 5.05. The summed E-state index contributed by atoms with van der Waals surface area (Å²) in [6, 6.07) is 15.5. The molecule has 1 aromatic heterocycles. The molecular formula is C23H25ClN4O2S. The molecule has 8 heteroatoms. The fourth-order valence-electron chi connectivity index (χ4n) is 3.70. The lowest BCUT2D eigenvalue weighted by Crippen LogP contribution is -2.37. The average molecular weight is 457 g/mol. The molecule has 0 spiro atoms. The highest BCUT2D eigenvalue weighted by molar-refractivity contribution is 8.00. The van der Waals surface area contributed by atoms with E-state index in [2.05, 4.69) is 15.5 Å². The number of hydrogen-bond acceptors (Lipinski definition) is 5. The molecule has 1 aliphatic carbocycles. The van der Waals surface area contributed by atoms with Gasteiger partial charge in [0, 0.05) is 22.3 Å². The predicted octanol–water partition coefficient (Wildman–Crippen LogP) is 5.14. The number of aromatic nitrogens is 3. The van der Waals surface area contributed by atoms with E-state index in [9.17, 15) is 4.79 Å². The minimum Gasteiger partial charge on any atom is -0.497 e. The highest BCUT2D eigenvalue weighted by atomic mass is 35.5. The molecule has 1 amide bonds. The lowest BCUT2D eigenvalue weighted by Gasteiger charge is -2.17. The zero-order chi connectivity index (χ0) is 21.8. The molecule has 0 bridgehead atoms. The highest BCUT2D eigenvalue weighted by Gasteiger charge is 2.24. The van der Waals surface area contributed by atoms with Crippen LogP contribution in [-0.2, 0) is 4.79 Å². The molecular weight excluding hydrogens is 432 g/mol. The van der Waals surface area contributed by atoms with Crippen molar-refractivity contribution in [3.05, 3.63) is 53.6 Å². The lowest BCUT2D eigenvalue weighted by molar-refractivity contribution is -0.120. The number of ether oxygens (including phenoxy) is 1. The van der Waals surface area contributed by atoms with Crippen molar-refractivity contribution in [1.82, 2.24) is 20.1 Å². The number of methoxy groups -OCH3 is 1. The van der Waals surface area contributed by atoms with Gasteiger partial charge in [0.25, 0.3) is 0 Å². The van der Waals surface area contributed by atoms with E-state index in [1.807, 2.05) is 60.0 Å². The first-order chi connectivity index (χ1) is 15.0. The van der Waals surface area contributed by atoms with Gasteiger partial charge >= 0.3 is 0 Å². The summed E-state index contributed by atoms with van der Waals surface area (Å²) in [6.45, 7) is 1.91. The van der Waals surface area contributed by atoms with Crippen LogP contribution < -0.4 is 10.1 Å². The summed E-state index contributed by atoms with van der Waals surface area (Å²) in [5.74, 6) is 1.49. The van der Waals surface area contributed by atoms with Gasteiger partial charge in [-0.25, -0.2) is 0 Å². The molecule has 3 aromatic rings. The zero-order valence-electron chi connectivity index (χ0n) is 17.5. The number of carbonyl (C=O) groups is 1. The number of nitrogens with zero attached hydrogens (tertiary/aromatic N) is 3. The van der Waals surface area contributed by atoms with Crippen LogP contribution in [0, 0.1) is 0 Å². The molecule has 6 nitrogen and oxygen atoms in total. The van der Waals surface area contributed by atoms with Crippen LogP contribution in [0.25, 0.3) is 17.1 Å². The normalized spacial score (nSPS) is 15.1. The lowest BCUT2D eigenvalue weighted by atomic mass is 10.2. The topological polar surface area (TPSA) is 69.0 Å². The maximum atomic E-state index is 12.7. The second-order valence-corrected chi connectivity index (χ2v) is 9.34. The van der Waals surface area contributed by atoms with Crippen LogP contribution in [0.4, 0.5) is 0 Å². The van der Waals surface area contributed by atoms with Crippen molar-refractivity contribution in [3.8, 4) is 22.8 Å². The van der Waals surface area contributed by atoms with Crippen molar-refractivity contribution in [2.24, 2.45) is 0 Å². The van der Waals surface area contributed by atoms with E-state index in [1.165, 1.54) is 24.6 Å². The van der Waals surface area contributed by atoms with E-state index in [4.69, 9.17) is 16.3 Å². The Morgan fingerprint density at radius 3 is 2.45 bits per heavy atom. The molecule has 1 N–H and O–H groups in total. The number of rotatable bonds is 7. The van der Waals surface area contributed by atoms with Gasteiger partial charge in [-0.15, -0.1) is 10.2 Å². The first-order valence-electron chi connectivity index (χ1n) is 10.4. The maximum absolute atomic E-state index is 12.7. The molecule has 162 valence electrons. The first kappa shape index (κ1) is 21.7. The summed E-state index contributed by atoms with van der Waals surface area (Å²) in [7, 11) is 1.64. The van der Waals surface area contributed by atoms with Gasteiger partial charge in [-0.2, -0.15) is 0 Å².